The van der Waals surface area contributed by atoms with E-state index in [9.17, 15) is 9.59 Å². The van der Waals surface area contributed by atoms with Gasteiger partial charge in [-0.2, -0.15) is 0 Å². The van der Waals surface area contributed by atoms with Gasteiger partial charge in [0, 0.05) is 18.8 Å². The van der Waals surface area contributed by atoms with Crippen molar-refractivity contribution in [3.05, 3.63) is 78.4 Å². The minimum atomic E-state index is -0.626. The van der Waals surface area contributed by atoms with Crippen LogP contribution >= 0.6 is 0 Å². The Balaban J connectivity index is 1.50. The zero-order chi connectivity index (χ0) is 22.1. The smallest absolute Gasteiger partial charge is 0.257 e. The van der Waals surface area contributed by atoms with E-state index in [0.29, 0.717) is 36.5 Å². The van der Waals surface area contributed by atoms with Gasteiger partial charge in [-0.25, -0.2) is 9.97 Å². The van der Waals surface area contributed by atoms with E-state index in [2.05, 4.69) is 9.97 Å². The van der Waals surface area contributed by atoms with Crippen LogP contribution in [-0.2, 0) is 11.3 Å². The zero-order valence-corrected chi connectivity index (χ0v) is 17.5. The summed E-state index contributed by atoms with van der Waals surface area (Å²) in [6.45, 7) is 0.676. The Kier molecular flexibility index (Phi) is 5.18. The van der Waals surface area contributed by atoms with Crippen molar-refractivity contribution in [2.24, 2.45) is 0 Å². The molecule has 0 unspecified atom stereocenters. The molecule has 0 N–H and O–H groups in total. The third-order valence-corrected chi connectivity index (χ3v) is 5.83. The molecule has 162 valence electrons. The molecule has 5 rings (SSSR count). The van der Waals surface area contributed by atoms with E-state index in [4.69, 9.17) is 9.47 Å². The Morgan fingerprint density at radius 2 is 1.88 bits per heavy atom. The van der Waals surface area contributed by atoms with Crippen LogP contribution in [0.25, 0.3) is 0 Å². The first-order valence-corrected chi connectivity index (χ1v) is 10.4. The molecule has 0 saturated carbocycles. The van der Waals surface area contributed by atoms with Crippen molar-refractivity contribution < 1.29 is 19.1 Å². The van der Waals surface area contributed by atoms with Crippen LogP contribution in [0.3, 0.4) is 0 Å². The highest BCUT2D eigenvalue weighted by atomic mass is 16.5. The van der Waals surface area contributed by atoms with Crippen LogP contribution in [0.15, 0.2) is 67.3 Å². The first kappa shape index (κ1) is 20.0. The molecule has 8 heteroatoms. The lowest BCUT2D eigenvalue weighted by atomic mass is 10.1. The fraction of sp³-hybridized carbons (Fsp3) is 0.250. The quantitative estimate of drug-likeness (QED) is 0.633. The summed E-state index contributed by atoms with van der Waals surface area (Å²) >= 11 is 0. The Hall–Kier alpha value is -3.94. The number of hydrogen-bond acceptors (Lipinski definition) is 6. The third kappa shape index (κ3) is 3.64. The van der Waals surface area contributed by atoms with Crippen LogP contribution in [-0.4, -0.2) is 52.5 Å². The molecule has 3 heterocycles. The van der Waals surface area contributed by atoms with Gasteiger partial charge in [-0.15, -0.1) is 0 Å². The van der Waals surface area contributed by atoms with Gasteiger partial charge >= 0.3 is 0 Å². The normalized spacial score (nSPS) is 19.6. The maximum atomic E-state index is 13.8. The lowest BCUT2D eigenvalue weighted by Crippen LogP contribution is -2.48. The minimum Gasteiger partial charge on any atom is -0.497 e. The van der Waals surface area contributed by atoms with Gasteiger partial charge in [0.25, 0.3) is 5.91 Å². The molecule has 2 amide bonds. The largest absolute Gasteiger partial charge is 0.497 e. The van der Waals surface area contributed by atoms with Crippen LogP contribution in [0.5, 0.6) is 11.5 Å². The number of benzene rings is 2. The molecule has 0 spiro atoms. The van der Waals surface area contributed by atoms with Gasteiger partial charge in [-0.3, -0.25) is 9.59 Å². The van der Waals surface area contributed by atoms with Gasteiger partial charge in [0.05, 0.1) is 31.5 Å². The SMILES string of the molecule is COc1ccc(CN2C(=O)[C@@H]3C[C@@H](CN3C(=O)c3cncnc3)Oc3ccccc32)cc1. The minimum absolute atomic E-state index is 0.135. The molecule has 8 nitrogen and oxygen atoms in total. The van der Waals surface area contributed by atoms with Crippen molar-refractivity contribution in [2.45, 2.75) is 25.1 Å². The van der Waals surface area contributed by atoms with Gasteiger partial charge in [-0.1, -0.05) is 24.3 Å². The highest BCUT2D eigenvalue weighted by Gasteiger charge is 2.45. The van der Waals surface area contributed by atoms with E-state index in [-0.39, 0.29) is 17.9 Å². The van der Waals surface area contributed by atoms with Crippen LogP contribution < -0.4 is 14.4 Å². The molecule has 2 aliphatic rings. The van der Waals surface area contributed by atoms with E-state index >= 15 is 0 Å². The molecule has 0 aliphatic carbocycles. The Bertz CT molecular complexity index is 1140. The number of para-hydroxylation sites is 2. The van der Waals surface area contributed by atoms with Crippen LogP contribution in [0, 0.1) is 0 Å². The first-order chi connectivity index (χ1) is 15.6. The summed E-state index contributed by atoms with van der Waals surface area (Å²) < 4.78 is 11.5. The van der Waals surface area contributed by atoms with E-state index in [1.807, 2.05) is 48.5 Å². The highest BCUT2D eigenvalue weighted by molar-refractivity contribution is 6.03. The number of ether oxygens (including phenoxy) is 2. The molecule has 1 saturated heterocycles. The number of anilines is 1. The monoisotopic (exact) mass is 430 g/mol. The number of carbonyl (C=O) groups is 2. The number of likely N-dealkylation sites (tertiary alicyclic amines) is 1. The van der Waals surface area contributed by atoms with Gasteiger partial charge in [-0.05, 0) is 29.8 Å². The third-order valence-electron chi connectivity index (χ3n) is 5.83. The van der Waals surface area contributed by atoms with Gasteiger partial charge in [0.2, 0.25) is 5.91 Å². The van der Waals surface area contributed by atoms with Crippen molar-refractivity contribution in [1.29, 1.82) is 0 Å². The number of methoxy groups -OCH3 is 1. The second-order valence-corrected chi connectivity index (χ2v) is 7.82. The van der Waals surface area contributed by atoms with Crippen molar-refractivity contribution in [3.8, 4) is 11.5 Å². The summed E-state index contributed by atoms with van der Waals surface area (Å²) in [7, 11) is 1.62. The molecular weight excluding hydrogens is 408 g/mol. The second kappa shape index (κ2) is 8.30. The lowest BCUT2D eigenvalue weighted by Gasteiger charge is -2.31. The number of hydrogen-bond donors (Lipinski definition) is 0. The summed E-state index contributed by atoms with van der Waals surface area (Å²) in [5, 5.41) is 0. The molecule has 2 bridgehead atoms. The number of aromatic nitrogens is 2. The summed E-state index contributed by atoms with van der Waals surface area (Å²) in [6.07, 6.45) is 4.48. The van der Waals surface area contributed by atoms with E-state index in [0.717, 1.165) is 11.3 Å². The Labute approximate surface area is 185 Å². The molecular formula is C24H22N4O4. The fourth-order valence-corrected chi connectivity index (χ4v) is 4.25. The maximum absolute atomic E-state index is 13.8. The summed E-state index contributed by atoms with van der Waals surface area (Å²) in [4.78, 5) is 38.1. The van der Waals surface area contributed by atoms with Crippen molar-refractivity contribution in [1.82, 2.24) is 14.9 Å². The van der Waals surface area contributed by atoms with E-state index in [1.165, 1.54) is 18.7 Å². The molecule has 32 heavy (non-hydrogen) atoms. The highest BCUT2D eigenvalue weighted by Crippen LogP contribution is 2.37. The van der Waals surface area contributed by atoms with E-state index in [1.54, 1.807) is 16.9 Å². The molecule has 0 radical (unpaired) electrons. The number of nitrogens with zero attached hydrogens (tertiary/aromatic N) is 4. The second-order valence-electron chi connectivity index (χ2n) is 7.82. The van der Waals surface area contributed by atoms with Crippen LogP contribution in [0.2, 0.25) is 0 Å². The summed E-state index contributed by atoms with van der Waals surface area (Å²) in [5.74, 6) is 0.974. The molecule has 2 atom stereocenters. The molecule has 2 aliphatic heterocycles. The summed E-state index contributed by atoms with van der Waals surface area (Å²) in [5.41, 5.74) is 1.99. The van der Waals surface area contributed by atoms with E-state index < -0.39 is 6.04 Å². The van der Waals surface area contributed by atoms with Gasteiger partial charge in [0.1, 0.15) is 30.0 Å². The lowest BCUT2D eigenvalue weighted by molar-refractivity contribution is -0.122. The average Bonchev–Trinajstić information content (AvgIpc) is 3.27. The average molecular weight is 430 g/mol. The predicted molar refractivity (Wildman–Crippen MR) is 117 cm³/mol. The topological polar surface area (TPSA) is 84.9 Å². The van der Waals surface area contributed by atoms with Crippen molar-refractivity contribution in [2.75, 3.05) is 18.6 Å². The molecule has 1 fully saturated rings. The fourth-order valence-electron chi connectivity index (χ4n) is 4.25. The van der Waals surface area contributed by atoms with Crippen LogP contribution in [0.1, 0.15) is 22.3 Å². The standard InChI is InChI=1S/C24H22N4O4/c1-31-18-8-6-16(7-9-18)13-27-20-4-2-3-5-22(20)32-19-10-21(24(27)30)28(14-19)23(29)17-11-25-15-26-12-17/h2-9,11-12,15,19,21H,10,13-14H2,1H3/t19-,21-/m0/s1. The summed E-state index contributed by atoms with van der Waals surface area (Å²) in [6, 6.07) is 14.5. The van der Waals surface area contributed by atoms with Crippen LogP contribution in [0.4, 0.5) is 5.69 Å². The molecule has 3 aromatic rings. The number of carbonyl (C=O) groups excluding carboxylic acids is 2. The molecule has 1 aromatic heterocycles. The number of amides is 2. The number of rotatable bonds is 4. The Morgan fingerprint density at radius 3 is 2.62 bits per heavy atom. The van der Waals surface area contributed by atoms with Gasteiger partial charge < -0.3 is 19.3 Å². The van der Waals surface area contributed by atoms with Crippen molar-refractivity contribution in [3.63, 3.8) is 0 Å². The van der Waals surface area contributed by atoms with Gasteiger partial charge in [0.15, 0.2) is 0 Å². The Morgan fingerprint density at radius 1 is 1.12 bits per heavy atom. The maximum Gasteiger partial charge on any atom is 0.257 e. The predicted octanol–water partition coefficient (Wildman–Crippen LogP) is 2.69. The number of fused-ring (bicyclic) bond motifs is 3. The molecule has 2 aromatic carbocycles. The van der Waals surface area contributed by atoms with Crippen molar-refractivity contribution >= 4 is 17.5 Å². The zero-order valence-electron chi connectivity index (χ0n) is 17.5. The first-order valence-electron chi connectivity index (χ1n) is 10.4.